The zero-order valence-corrected chi connectivity index (χ0v) is 27.6. The molecule has 2 heterocycles. The van der Waals surface area contributed by atoms with E-state index in [1.807, 2.05) is 6.07 Å². The first-order chi connectivity index (χ1) is 25.3. The van der Waals surface area contributed by atoms with Gasteiger partial charge in [-0.2, -0.15) is 0 Å². The Hall–Kier alpha value is -6.58. The highest BCUT2D eigenvalue weighted by Gasteiger charge is 2.41. The molecular formula is C48H29BO2. The molecule has 0 saturated heterocycles. The molecular weight excluding hydrogens is 619 g/mol. The third-order valence-electron chi connectivity index (χ3n) is 10.8. The van der Waals surface area contributed by atoms with Gasteiger partial charge in [-0.1, -0.05) is 152 Å². The second-order valence-electron chi connectivity index (χ2n) is 13.5. The summed E-state index contributed by atoms with van der Waals surface area (Å²) in [5.74, 6) is 3.49. The number of rotatable bonds is 3. The van der Waals surface area contributed by atoms with Crippen LogP contribution < -0.4 is 25.9 Å². The maximum atomic E-state index is 6.93. The van der Waals surface area contributed by atoms with Gasteiger partial charge in [0.2, 0.25) is 0 Å². The molecule has 11 rings (SSSR count). The van der Waals surface area contributed by atoms with Crippen LogP contribution in [0.4, 0.5) is 0 Å². The summed E-state index contributed by atoms with van der Waals surface area (Å²) in [5, 5.41) is 7.41. The molecule has 2 aliphatic heterocycles. The minimum absolute atomic E-state index is 0.0126. The predicted molar refractivity (Wildman–Crippen MR) is 213 cm³/mol. The van der Waals surface area contributed by atoms with Crippen LogP contribution in [0.2, 0.25) is 0 Å². The van der Waals surface area contributed by atoms with Crippen molar-refractivity contribution in [3.8, 4) is 56.4 Å². The number of hydrogen-bond acceptors (Lipinski definition) is 2. The summed E-state index contributed by atoms with van der Waals surface area (Å²) in [7, 11) is 0. The molecule has 3 heteroatoms. The standard InChI is InChI=1S/C48H29BO2/c1-2-16-31-30(14-1)15-13-23-33(31)45-35-19-5-7-21-37(35)46(38-22-8-6-20-36(38)45)34-18-4-3-17-32(34)39-28-29-44-47-48(39)51-43-27-12-10-25-41(43)49(47)40-24-9-11-26-42(40)50-44/h1-29H. The minimum atomic E-state index is 0.0126. The van der Waals surface area contributed by atoms with Crippen LogP contribution in [0.25, 0.3) is 65.7 Å². The van der Waals surface area contributed by atoms with Gasteiger partial charge in [0.1, 0.15) is 23.0 Å². The van der Waals surface area contributed by atoms with Crippen LogP contribution in [0, 0.1) is 0 Å². The molecule has 0 aliphatic carbocycles. The summed E-state index contributed by atoms with van der Waals surface area (Å²) in [6.07, 6.45) is 0. The Morgan fingerprint density at radius 1 is 0.314 bits per heavy atom. The van der Waals surface area contributed by atoms with Crippen molar-refractivity contribution in [1.29, 1.82) is 0 Å². The topological polar surface area (TPSA) is 18.5 Å². The molecule has 0 N–H and O–H groups in total. The van der Waals surface area contributed by atoms with Crippen LogP contribution in [-0.2, 0) is 0 Å². The Morgan fingerprint density at radius 2 is 0.804 bits per heavy atom. The normalized spacial score (nSPS) is 12.6. The summed E-state index contributed by atoms with van der Waals surface area (Å²) >= 11 is 0. The monoisotopic (exact) mass is 648 g/mol. The highest BCUT2D eigenvalue weighted by Crippen LogP contribution is 2.49. The molecule has 0 unspecified atom stereocenters. The smallest absolute Gasteiger partial charge is 0.260 e. The van der Waals surface area contributed by atoms with Gasteiger partial charge in [0, 0.05) is 11.0 Å². The second kappa shape index (κ2) is 11.0. The van der Waals surface area contributed by atoms with Crippen molar-refractivity contribution in [2.75, 3.05) is 0 Å². The molecule has 0 radical (unpaired) electrons. The lowest BCUT2D eigenvalue weighted by Gasteiger charge is -2.34. The van der Waals surface area contributed by atoms with Gasteiger partial charge in [0.25, 0.3) is 6.71 Å². The van der Waals surface area contributed by atoms with E-state index >= 15 is 0 Å². The van der Waals surface area contributed by atoms with Crippen LogP contribution in [0.3, 0.4) is 0 Å². The zero-order valence-electron chi connectivity index (χ0n) is 27.6. The van der Waals surface area contributed by atoms with E-state index in [1.54, 1.807) is 0 Å². The Labute approximate surface area is 296 Å². The van der Waals surface area contributed by atoms with Crippen molar-refractivity contribution in [3.05, 3.63) is 176 Å². The first kappa shape index (κ1) is 28.3. The Morgan fingerprint density at radius 3 is 1.49 bits per heavy atom. The number of benzene rings is 9. The molecule has 9 aromatic carbocycles. The molecule has 0 fully saturated rings. The summed E-state index contributed by atoms with van der Waals surface area (Å²) in [6.45, 7) is 0.0126. The average molecular weight is 649 g/mol. The van der Waals surface area contributed by atoms with Crippen molar-refractivity contribution in [1.82, 2.24) is 0 Å². The van der Waals surface area contributed by atoms with Gasteiger partial charge in [-0.15, -0.1) is 0 Å². The number of hydrogen-bond donors (Lipinski definition) is 0. The van der Waals surface area contributed by atoms with Crippen LogP contribution in [-0.4, -0.2) is 6.71 Å². The number of para-hydroxylation sites is 2. The lowest BCUT2D eigenvalue weighted by Crippen LogP contribution is -2.57. The molecule has 0 bridgehead atoms. The van der Waals surface area contributed by atoms with E-state index < -0.39 is 0 Å². The first-order valence-corrected chi connectivity index (χ1v) is 17.6. The lowest BCUT2D eigenvalue weighted by molar-refractivity contribution is 0.465. The van der Waals surface area contributed by atoms with Crippen molar-refractivity contribution < 1.29 is 9.47 Å². The van der Waals surface area contributed by atoms with Gasteiger partial charge in [-0.25, -0.2) is 0 Å². The van der Waals surface area contributed by atoms with Crippen LogP contribution in [0.5, 0.6) is 23.0 Å². The maximum Gasteiger partial charge on any atom is 0.260 e. The largest absolute Gasteiger partial charge is 0.458 e. The summed E-state index contributed by atoms with van der Waals surface area (Å²) in [5.41, 5.74) is 10.5. The minimum Gasteiger partial charge on any atom is -0.458 e. The molecule has 0 saturated carbocycles. The van der Waals surface area contributed by atoms with Crippen LogP contribution in [0.1, 0.15) is 0 Å². The van der Waals surface area contributed by atoms with E-state index in [-0.39, 0.29) is 6.71 Å². The molecule has 236 valence electrons. The molecule has 0 atom stereocenters. The average Bonchev–Trinajstić information content (AvgIpc) is 3.20. The molecule has 0 amide bonds. The highest BCUT2D eigenvalue weighted by molar-refractivity contribution is 6.98. The predicted octanol–water partition coefficient (Wildman–Crippen LogP) is 10.9. The fourth-order valence-electron chi connectivity index (χ4n) is 8.68. The van der Waals surface area contributed by atoms with Gasteiger partial charge in [0.15, 0.2) is 0 Å². The van der Waals surface area contributed by atoms with Gasteiger partial charge in [-0.05, 0) is 95.3 Å². The third-order valence-corrected chi connectivity index (χ3v) is 10.8. The molecule has 51 heavy (non-hydrogen) atoms. The zero-order chi connectivity index (χ0) is 33.5. The highest BCUT2D eigenvalue weighted by atomic mass is 16.5. The Balaban J connectivity index is 1.20. The molecule has 2 aliphatic rings. The van der Waals surface area contributed by atoms with Crippen molar-refractivity contribution in [2.45, 2.75) is 0 Å². The van der Waals surface area contributed by atoms with Gasteiger partial charge in [0.05, 0.1) is 0 Å². The molecule has 0 spiro atoms. The summed E-state index contributed by atoms with van der Waals surface area (Å²) in [4.78, 5) is 0. The van der Waals surface area contributed by atoms with E-state index in [0.29, 0.717) is 0 Å². The first-order valence-electron chi connectivity index (χ1n) is 17.6. The maximum absolute atomic E-state index is 6.93. The van der Waals surface area contributed by atoms with E-state index in [1.165, 1.54) is 54.6 Å². The molecule has 2 nitrogen and oxygen atoms in total. The Bertz CT molecular complexity index is 2820. The van der Waals surface area contributed by atoms with Crippen LogP contribution in [0.15, 0.2) is 176 Å². The van der Waals surface area contributed by atoms with Crippen molar-refractivity contribution >= 4 is 55.4 Å². The summed E-state index contributed by atoms with van der Waals surface area (Å²) in [6, 6.07) is 63.1. The van der Waals surface area contributed by atoms with Gasteiger partial charge < -0.3 is 9.47 Å². The van der Waals surface area contributed by atoms with Crippen LogP contribution >= 0.6 is 0 Å². The second-order valence-corrected chi connectivity index (χ2v) is 13.5. The fraction of sp³-hybridized carbons (Fsp3) is 0. The van der Waals surface area contributed by atoms with Gasteiger partial charge in [-0.3, -0.25) is 0 Å². The van der Waals surface area contributed by atoms with E-state index in [0.717, 1.165) is 50.5 Å². The van der Waals surface area contributed by atoms with E-state index in [9.17, 15) is 0 Å². The third kappa shape index (κ3) is 4.12. The Kier molecular flexibility index (Phi) is 6.08. The van der Waals surface area contributed by atoms with Crippen molar-refractivity contribution in [2.24, 2.45) is 0 Å². The molecule has 0 aromatic heterocycles. The number of fused-ring (bicyclic) bond motifs is 7. The lowest BCUT2D eigenvalue weighted by atomic mass is 9.34. The number of ether oxygens (including phenoxy) is 2. The van der Waals surface area contributed by atoms with E-state index in [4.69, 9.17) is 9.47 Å². The van der Waals surface area contributed by atoms with Crippen molar-refractivity contribution in [3.63, 3.8) is 0 Å². The summed E-state index contributed by atoms with van der Waals surface area (Å²) < 4.78 is 13.5. The van der Waals surface area contributed by atoms with Gasteiger partial charge >= 0.3 is 0 Å². The van der Waals surface area contributed by atoms with E-state index in [2.05, 4.69) is 170 Å². The SMILES string of the molecule is c1ccc2c(c1)Oc1ccc(-c3ccccc3-c3c4ccccc4c(-c4cccc5ccccc45)c4ccccc34)c3c1B2c1ccccc1O3. The molecule has 9 aromatic rings. The quantitative estimate of drug-likeness (QED) is 0.140. The fourth-order valence-corrected chi connectivity index (χ4v) is 8.68.